The molecule has 1 aliphatic carbocycles. The molecule has 1 N–H and O–H groups in total. The van der Waals surface area contributed by atoms with Crippen molar-refractivity contribution in [3.63, 3.8) is 0 Å². The number of nitrogens with zero attached hydrogens (tertiary/aromatic N) is 2. The fourth-order valence-corrected chi connectivity index (χ4v) is 5.63. The zero-order chi connectivity index (χ0) is 22.3. The standard InChI is InChI=1S/C27H33N3O2/c1-19-8-9-24(20(2)16-19)28-26(32)29-13-10-27(11-14-29)12-15-30(18-27)25(31)23-17-22(23)21-6-4-3-5-7-21/h3-9,16,22-23H,10-15,17-18H2,1-2H3,(H,28,32)/t22-,23+/m0/s1. The Morgan fingerprint density at radius 2 is 1.62 bits per heavy atom. The summed E-state index contributed by atoms with van der Waals surface area (Å²) in [5, 5.41) is 3.08. The number of hydrogen-bond acceptors (Lipinski definition) is 2. The first-order valence-electron chi connectivity index (χ1n) is 11.9. The van der Waals surface area contributed by atoms with E-state index in [9.17, 15) is 9.59 Å². The highest BCUT2D eigenvalue weighted by Crippen LogP contribution is 2.50. The van der Waals surface area contributed by atoms with Crippen molar-refractivity contribution in [3.05, 3.63) is 65.2 Å². The fraction of sp³-hybridized carbons (Fsp3) is 0.481. The molecule has 2 aromatic rings. The van der Waals surface area contributed by atoms with E-state index in [1.54, 1.807) is 0 Å². The molecule has 1 saturated carbocycles. The number of anilines is 1. The summed E-state index contributed by atoms with van der Waals surface area (Å²) in [7, 11) is 0. The molecule has 0 radical (unpaired) electrons. The number of likely N-dealkylation sites (tertiary alicyclic amines) is 2. The number of piperidine rings is 1. The van der Waals surface area contributed by atoms with Gasteiger partial charge in [-0.1, -0.05) is 48.0 Å². The molecule has 0 bridgehead atoms. The number of amides is 3. The van der Waals surface area contributed by atoms with Gasteiger partial charge in [-0.3, -0.25) is 4.79 Å². The summed E-state index contributed by atoms with van der Waals surface area (Å²) in [5.41, 5.74) is 4.65. The van der Waals surface area contributed by atoms with Crippen LogP contribution in [0.2, 0.25) is 0 Å². The Hall–Kier alpha value is -2.82. The predicted molar refractivity (Wildman–Crippen MR) is 127 cm³/mol. The fourth-order valence-electron chi connectivity index (χ4n) is 5.63. The van der Waals surface area contributed by atoms with E-state index in [2.05, 4.69) is 47.5 Å². The summed E-state index contributed by atoms with van der Waals surface area (Å²) < 4.78 is 0. The van der Waals surface area contributed by atoms with Crippen LogP contribution in [0.15, 0.2) is 48.5 Å². The van der Waals surface area contributed by atoms with Gasteiger partial charge in [-0.05, 0) is 68.1 Å². The molecule has 2 aromatic carbocycles. The lowest BCUT2D eigenvalue weighted by molar-refractivity contribution is -0.132. The van der Waals surface area contributed by atoms with Gasteiger partial charge in [0.1, 0.15) is 0 Å². The minimum atomic E-state index is -0.0126. The summed E-state index contributed by atoms with van der Waals surface area (Å²) in [4.78, 5) is 29.9. The second kappa shape index (κ2) is 8.27. The van der Waals surface area contributed by atoms with E-state index >= 15 is 0 Å². The quantitative estimate of drug-likeness (QED) is 0.747. The number of urea groups is 1. The molecular weight excluding hydrogens is 398 g/mol. The van der Waals surface area contributed by atoms with Crippen molar-refractivity contribution in [3.8, 4) is 0 Å². The number of rotatable bonds is 3. The average molecular weight is 432 g/mol. The number of carbonyl (C=O) groups is 2. The summed E-state index contributed by atoms with van der Waals surface area (Å²) in [6.45, 7) is 7.33. The van der Waals surface area contributed by atoms with Gasteiger partial charge < -0.3 is 15.1 Å². The van der Waals surface area contributed by atoms with Crippen molar-refractivity contribution in [1.82, 2.24) is 9.80 Å². The van der Waals surface area contributed by atoms with Gasteiger partial charge in [-0.2, -0.15) is 0 Å². The maximum atomic E-state index is 13.1. The Balaban J connectivity index is 1.13. The van der Waals surface area contributed by atoms with Gasteiger partial charge in [-0.25, -0.2) is 4.79 Å². The maximum Gasteiger partial charge on any atom is 0.321 e. The Kier molecular flexibility index (Phi) is 5.44. The highest BCUT2D eigenvalue weighted by molar-refractivity contribution is 5.90. The van der Waals surface area contributed by atoms with E-state index in [0.717, 1.165) is 63.1 Å². The van der Waals surface area contributed by atoms with Gasteiger partial charge in [0.15, 0.2) is 0 Å². The highest BCUT2D eigenvalue weighted by atomic mass is 16.2. The van der Waals surface area contributed by atoms with Crippen molar-refractivity contribution < 1.29 is 9.59 Å². The van der Waals surface area contributed by atoms with Crippen LogP contribution in [-0.4, -0.2) is 47.9 Å². The third-order valence-electron chi connectivity index (χ3n) is 7.82. The van der Waals surface area contributed by atoms with Crippen LogP contribution < -0.4 is 5.32 Å². The molecule has 5 nitrogen and oxygen atoms in total. The van der Waals surface area contributed by atoms with Crippen LogP contribution in [0.3, 0.4) is 0 Å². The third-order valence-corrected chi connectivity index (χ3v) is 7.82. The van der Waals surface area contributed by atoms with Crippen LogP contribution in [-0.2, 0) is 4.79 Å². The van der Waals surface area contributed by atoms with E-state index < -0.39 is 0 Å². The van der Waals surface area contributed by atoms with Gasteiger partial charge >= 0.3 is 6.03 Å². The molecule has 168 valence electrons. The zero-order valence-corrected chi connectivity index (χ0v) is 19.1. The monoisotopic (exact) mass is 431 g/mol. The van der Waals surface area contributed by atoms with Gasteiger partial charge in [0, 0.05) is 37.8 Å². The summed E-state index contributed by atoms with van der Waals surface area (Å²) in [6, 6.07) is 16.5. The van der Waals surface area contributed by atoms with Crippen molar-refractivity contribution in [2.24, 2.45) is 11.3 Å². The van der Waals surface area contributed by atoms with Gasteiger partial charge in [0.25, 0.3) is 0 Å². The van der Waals surface area contributed by atoms with Gasteiger partial charge in [-0.15, -0.1) is 0 Å². The molecule has 3 fully saturated rings. The first-order chi connectivity index (χ1) is 15.4. The van der Waals surface area contributed by atoms with E-state index in [0.29, 0.717) is 11.8 Å². The van der Waals surface area contributed by atoms with Crippen LogP contribution in [0.1, 0.15) is 48.3 Å². The Bertz CT molecular complexity index is 1010. The predicted octanol–water partition coefficient (Wildman–Crippen LogP) is 4.95. The van der Waals surface area contributed by atoms with E-state index in [4.69, 9.17) is 0 Å². The molecule has 5 rings (SSSR count). The molecule has 2 heterocycles. The molecule has 2 saturated heterocycles. The van der Waals surface area contributed by atoms with Crippen molar-refractivity contribution in [1.29, 1.82) is 0 Å². The van der Waals surface area contributed by atoms with Crippen LogP contribution in [0.25, 0.3) is 0 Å². The van der Waals surface area contributed by atoms with E-state index in [-0.39, 0.29) is 17.4 Å². The smallest absolute Gasteiger partial charge is 0.321 e. The maximum absolute atomic E-state index is 13.1. The highest BCUT2D eigenvalue weighted by Gasteiger charge is 2.49. The first-order valence-corrected chi connectivity index (χ1v) is 11.9. The Labute approximate surface area is 190 Å². The van der Waals surface area contributed by atoms with Crippen LogP contribution in [0.5, 0.6) is 0 Å². The number of nitrogens with one attached hydrogen (secondary N) is 1. The molecule has 0 aromatic heterocycles. The number of carbonyl (C=O) groups excluding carboxylic acids is 2. The number of benzene rings is 2. The Morgan fingerprint density at radius 1 is 0.938 bits per heavy atom. The molecule has 32 heavy (non-hydrogen) atoms. The second-order valence-corrected chi connectivity index (χ2v) is 10.1. The molecule has 2 aliphatic heterocycles. The Morgan fingerprint density at radius 3 is 2.31 bits per heavy atom. The topological polar surface area (TPSA) is 52.7 Å². The minimum Gasteiger partial charge on any atom is -0.342 e. The van der Waals surface area contributed by atoms with Crippen molar-refractivity contribution >= 4 is 17.6 Å². The van der Waals surface area contributed by atoms with Gasteiger partial charge in [0.2, 0.25) is 5.91 Å². The number of aryl methyl sites for hydroxylation is 2. The van der Waals surface area contributed by atoms with E-state index in [1.807, 2.05) is 30.0 Å². The largest absolute Gasteiger partial charge is 0.342 e. The SMILES string of the molecule is Cc1ccc(NC(=O)N2CCC3(CC2)CCN(C(=O)[C@@H]2C[C@H]2c2ccccc2)C3)c(C)c1. The minimum absolute atomic E-state index is 0.0126. The lowest BCUT2D eigenvalue weighted by Gasteiger charge is -2.39. The number of hydrogen-bond donors (Lipinski definition) is 1. The molecular formula is C27H33N3O2. The lowest BCUT2D eigenvalue weighted by Crippen LogP contribution is -2.46. The van der Waals surface area contributed by atoms with Crippen LogP contribution in [0.4, 0.5) is 10.5 Å². The van der Waals surface area contributed by atoms with Gasteiger partial charge in [0.05, 0.1) is 0 Å². The summed E-state index contributed by atoms with van der Waals surface area (Å²) in [5.74, 6) is 0.901. The molecule has 2 atom stereocenters. The first kappa shape index (κ1) is 21.0. The van der Waals surface area contributed by atoms with Crippen LogP contribution >= 0.6 is 0 Å². The molecule has 3 aliphatic rings. The van der Waals surface area contributed by atoms with E-state index in [1.165, 1.54) is 11.1 Å². The molecule has 1 spiro atoms. The van der Waals surface area contributed by atoms with Crippen LogP contribution in [0, 0.1) is 25.2 Å². The zero-order valence-electron chi connectivity index (χ0n) is 19.1. The average Bonchev–Trinajstić information content (AvgIpc) is 3.51. The molecule has 0 unspecified atom stereocenters. The molecule has 5 heteroatoms. The van der Waals surface area contributed by atoms with Crippen molar-refractivity contribution in [2.45, 2.75) is 45.4 Å². The van der Waals surface area contributed by atoms with Crippen molar-refractivity contribution in [2.75, 3.05) is 31.5 Å². The summed E-state index contributed by atoms with van der Waals surface area (Å²) >= 11 is 0. The third kappa shape index (κ3) is 4.13. The molecule has 3 amide bonds. The normalized spacial score (nSPS) is 23.9. The second-order valence-electron chi connectivity index (χ2n) is 10.1. The summed E-state index contributed by atoms with van der Waals surface area (Å²) in [6.07, 6.45) is 4.00. The lowest BCUT2D eigenvalue weighted by atomic mass is 9.78.